The highest BCUT2D eigenvalue weighted by atomic mass is 16.5. The van der Waals surface area contributed by atoms with Gasteiger partial charge in [-0.05, 0) is 36.5 Å². The lowest BCUT2D eigenvalue weighted by Crippen LogP contribution is -2.38. The van der Waals surface area contributed by atoms with Gasteiger partial charge >= 0.3 is 0 Å². The maximum atomic E-state index is 9.90. The van der Waals surface area contributed by atoms with Crippen LogP contribution in [0.25, 0.3) is 11.6 Å². The molecule has 0 saturated heterocycles. The van der Waals surface area contributed by atoms with Gasteiger partial charge in [-0.2, -0.15) is 4.98 Å². The van der Waals surface area contributed by atoms with Crippen molar-refractivity contribution in [3.63, 3.8) is 0 Å². The normalized spacial score (nSPS) is 15.6. The molecule has 1 unspecified atom stereocenters. The fourth-order valence-electron chi connectivity index (χ4n) is 3.15. The van der Waals surface area contributed by atoms with Crippen LogP contribution < -0.4 is 0 Å². The van der Waals surface area contributed by atoms with Crippen molar-refractivity contribution < 1.29 is 14.0 Å². The third-order valence-electron chi connectivity index (χ3n) is 4.60. The van der Waals surface area contributed by atoms with Gasteiger partial charge in [-0.3, -0.25) is 4.90 Å². The standard InChI is InChI=1S/C19H21N3O3/c23-13-16(15-8-9-15)22(11-14-5-2-1-3-6-14)12-18-20-19(21-25-18)17-7-4-10-24-17/h1-7,10,15-16,23H,8-9,11-13H2. The zero-order chi connectivity index (χ0) is 17.1. The Hall–Kier alpha value is -2.44. The highest BCUT2D eigenvalue weighted by molar-refractivity contribution is 5.44. The van der Waals surface area contributed by atoms with Crippen LogP contribution in [-0.4, -0.2) is 32.8 Å². The third-order valence-corrected chi connectivity index (χ3v) is 4.60. The van der Waals surface area contributed by atoms with Gasteiger partial charge in [0.05, 0.1) is 19.4 Å². The molecule has 1 atom stereocenters. The van der Waals surface area contributed by atoms with Gasteiger partial charge < -0.3 is 14.0 Å². The molecular weight excluding hydrogens is 318 g/mol. The van der Waals surface area contributed by atoms with Gasteiger partial charge in [-0.1, -0.05) is 35.5 Å². The van der Waals surface area contributed by atoms with E-state index in [0.29, 0.717) is 29.9 Å². The Balaban J connectivity index is 1.53. The van der Waals surface area contributed by atoms with E-state index in [1.807, 2.05) is 18.2 Å². The predicted molar refractivity (Wildman–Crippen MR) is 91.3 cm³/mol. The summed E-state index contributed by atoms with van der Waals surface area (Å²) in [5.41, 5.74) is 1.20. The van der Waals surface area contributed by atoms with Gasteiger partial charge in [-0.15, -0.1) is 0 Å². The average molecular weight is 339 g/mol. The van der Waals surface area contributed by atoms with E-state index in [1.165, 1.54) is 5.56 Å². The molecule has 6 heteroatoms. The van der Waals surface area contributed by atoms with Crippen LogP contribution in [-0.2, 0) is 13.1 Å². The maximum Gasteiger partial charge on any atom is 0.241 e. The maximum absolute atomic E-state index is 9.90. The average Bonchev–Trinajstić information content (AvgIpc) is 3.12. The molecule has 6 nitrogen and oxygen atoms in total. The van der Waals surface area contributed by atoms with Gasteiger partial charge in [0.1, 0.15) is 0 Å². The number of rotatable bonds is 8. The minimum atomic E-state index is 0.110. The molecule has 4 rings (SSSR count). The molecule has 130 valence electrons. The Bertz CT molecular complexity index is 781. The van der Waals surface area contributed by atoms with E-state index < -0.39 is 0 Å². The second kappa shape index (κ2) is 7.21. The van der Waals surface area contributed by atoms with E-state index in [2.05, 4.69) is 27.2 Å². The molecule has 0 radical (unpaired) electrons. The van der Waals surface area contributed by atoms with Gasteiger partial charge in [0.25, 0.3) is 0 Å². The Morgan fingerprint density at radius 2 is 1.96 bits per heavy atom. The van der Waals surface area contributed by atoms with Crippen LogP contribution in [0, 0.1) is 5.92 Å². The number of benzene rings is 1. The summed E-state index contributed by atoms with van der Waals surface area (Å²) in [6.45, 7) is 1.38. The molecule has 0 bridgehead atoms. The Morgan fingerprint density at radius 3 is 2.64 bits per heavy atom. The third kappa shape index (κ3) is 3.81. The highest BCUT2D eigenvalue weighted by Gasteiger charge is 2.35. The largest absolute Gasteiger partial charge is 0.461 e. The summed E-state index contributed by atoms with van der Waals surface area (Å²) in [6, 6.07) is 14.0. The van der Waals surface area contributed by atoms with E-state index in [-0.39, 0.29) is 12.6 Å². The molecule has 1 N–H and O–H groups in total. The Morgan fingerprint density at radius 1 is 1.12 bits per heavy atom. The first-order chi connectivity index (χ1) is 12.3. The molecule has 1 aromatic carbocycles. The van der Waals surface area contributed by atoms with Crippen molar-refractivity contribution in [2.45, 2.75) is 32.0 Å². The van der Waals surface area contributed by atoms with Crippen molar-refractivity contribution in [1.29, 1.82) is 0 Å². The molecule has 2 heterocycles. The topological polar surface area (TPSA) is 75.5 Å². The molecule has 1 aliphatic carbocycles. The number of aliphatic hydroxyl groups is 1. The number of nitrogens with zero attached hydrogens (tertiary/aromatic N) is 3. The monoisotopic (exact) mass is 339 g/mol. The first-order valence-electron chi connectivity index (χ1n) is 8.59. The van der Waals surface area contributed by atoms with Crippen molar-refractivity contribution in [2.75, 3.05) is 6.61 Å². The molecule has 0 amide bonds. The quantitative estimate of drug-likeness (QED) is 0.680. The summed E-state index contributed by atoms with van der Waals surface area (Å²) in [5.74, 6) is 2.11. The molecule has 25 heavy (non-hydrogen) atoms. The van der Waals surface area contributed by atoms with E-state index >= 15 is 0 Å². The van der Waals surface area contributed by atoms with Crippen LogP contribution in [0.2, 0.25) is 0 Å². The lowest BCUT2D eigenvalue weighted by atomic mass is 10.1. The van der Waals surface area contributed by atoms with Crippen molar-refractivity contribution in [3.8, 4) is 11.6 Å². The second-order valence-electron chi connectivity index (χ2n) is 6.47. The molecule has 1 saturated carbocycles. The van der Waals surface area contributed by atoms with Crippen LogP contribution in [0.3, 0.4) is 0 Å². The van der Waals surface area contributed by atoms with Crippen LogP contribution in [0.5, 0.6) is 0 Å². The molecule has 1 aliphatic rings. The Labute approximate surface area is 146 Å². The molecule has 0 spiro atoms. The minimum Gasteiger partial charge on any atom is -0.461 e. The Kier molecular flexibility index (Phi) is 4.63. The highest BCUT2D eigenvalue weighted by Crippen LogP contribution is 2.36. The smallest absolute Gasteiger partial charge is 0.241 e. The number of hydrogen-bond donors (Lipinski definition) is 1. The molecule has 0 aliphatic heterocycles. The lowest BCUT2D eigenvalue weighted by molar-refractivity contribution is 0.0845. The predicted octanol–water partition coefficient (Wildman–Crippen LogP) is 3.10. The fourth-order valence-corrected chi connectivity index (χ4v) is 3.15. The molecule has 2 aromatic heterocycles. The van der Waals surface area contributed by atoms with Crippen molar-refractivity contribution >= 4 is 0 Å². The summed E-state index contributed by atoms with van der Waals surface area (Å²) in [6.07, 6.45) is 3.91. The summed E-state index contributed by atoms with van der Waals surface area (Å²) in [5, 5.41) is 13.9. The number of furan rings is 1. The van der Waals surface area contributed by atoms with E-state index in [9.17, 15) is 5.11 Å². The SMILES string of the molecule is OCC(C1CC1)N(Cc1ccccc1)Cc1nc(-c2ccco2)no1. The number of aliphatic hydroxyl groups excluding tert-OH is 1. The van der Waals surface area contributed by atoms with Crippen LogP contribution in [0.1, 0.15) is 24.3 Å². The van der Waals surface area contributed by atoms with Crippen molar-refractivity contribution in [1.82, 2.24) is 15.0 Å². The summed E-state index contributed by atoms with van der Waals surface area (Å²) in [7, 11) is 0. The van der Waals surface area contributed by atoms with Gasteiger partial charge in [-0.25, -0.2) is 0 Å². The van der Waals surface area contributed by atoms with Crippen LogP contribution >= 0.6 is 0 Å². The molecule has 1 fully saturated rings. The van der Waals surface area contributed by atoms with Crippen LogP contribution in [0.15, 0.2) is 57.7 Å². The lowest BCUT2D eigenvalue weighted by Gasteiger charge is -2.29. The molecular formula is C19H21N3O3. The van der Waals surface area contributed by atoms with Gasteiger partial charge in [0, 0.05) is 12.6 Å². The van der Waals surface area contributed by atoms with Crippen molar-refractivity contribution in [3.05, 3.63) is 60.2 Å². The van der Waals surface area contributed by atoms with Crippen molar-refractivity contribution in [2.24, 2.45) is 5.92 Å². The summed E-state index contributed by atoms with van der Waals surface area (Å²) >= 11 is 0. The summed E-state index contributed by atoms with van der Waals surface area (Å²) in [4.78, 5) is 6.66. The number of aromatic nitrogens is 2. The molecule has 3 aromatic rings. The zero-order valence-corrected chi connectivity index (χ0v) is 13.9. The second-order valence-corrected chi connectivity index (χ2v) is 6.47. The van der Waals surface area contributed by atoms with Crippen LogP contribution in [0.4, 0.5) is 0 Å². The minimum absolute atomic E-state index is 0.110. The fraction of sp³-hybridized carbons (Fsp3) is 0.368. The number of hydrogen-bond acceptors (Lipinski definition) is 6. The summed E-state index contributed by atoms with van der Waals surface area (Å²) < 4.78 is 10.7. The van der Waals surface area contributed by atoms with Gasteiger partial charge in [0.2, 0.25) is 11.7 Å². The first-order valence-corrected chi connectivity index (χ1v) is 8.59. The van der Waals surface area contributed by atoms with E-state index in [4.69, 9.17) is 8.94 Å². The zero-order valence-electron chi connectivity index (χ0n) is 13.9. The van der Waals surface area contributed by atoms with Gasteiger partial charge in [0.15, 0.2) is 5.76 Å². The first kappa shape index (κ1) is 16.1. The van der Waals surface area contributed by atoms with E-state index in [0.717, 1.165) is 19.4 Å². The van der Waals surface area contributed by atoms with E-state index in [1.54, 1.807) is 18.4 Å².